The van der Waals surface area contributed by atoms with Crippen molar-refractivity contribution in [3.8, 4) is 0 Å². The van der Waals surface area contributed by atoms with Crippen molar-refractivity contribution in [1.29, 1.82) is 0 Å². The van der Waals surface area contributed by atoms with Crippen LogP contribution in [0.4, 0.5) is 0 Å². The molecule has 2 rings (SSSR count). The van der Waals surface area contributed by atoms with Gasteiger partial charge in [0, 0.05) is 4.90 Å². The van der Waals surface area contributed by atoms with Crippen molar-refractivity contribution in [1.82, 2.24) is 0 Å². The second-order valence-electron chi connectivity index (χ2n) is 4.69. The Kier molecular flexibility index (Phi) is 3.08. The Morgan fingerprint density at radius 2 is 1.80 bits per heavy atom. The lowest BCUT2D eigenvalue weighted by Crippen LogP contribution is -2.12. The topological polar surface area (TPSA) is 20.2 Å². The molecule has 1 nitrogen and oxygen atoms in total. The minimum absolute atomic E-state index is 0.678. The first-order valence-corrected chi connectivity index (χ1v) is 6.39. The Hall–Kier alpha value is -0.470. The van der Waals surface area contributed by atoms with Crippen molar-refractivity contribution >= 4 is 11.8 Å². The molecule has 0 aliphatic heterocycles. The van der Waals surface area contributed by atoms with Gasteiger partial charge >= 0.3 is 0 Å². The van der Waals surface area contributed by atoms with Gasteiger partial charge in [0.15, 0.2) is 0 Å². The summed E-state index contributed by atoms with van der Waals surface area (Å²) in [6.07, 6.45) is 5.06. The van der Waals surface area contributed by atoms with E-state index in [2.05, 4.69) is 18.2 Å². The Labute approximate surface area is 95.9 Å². The predicted molar refractivity (Wildman–Crippen MR) is 65.2 cm³/mol. The summed E-state index contributed by atoms with van der Waals surface area (Å²) >= 11 is 1.53. The van der Waals surface area contributed by atoms with Gasteiger partial charge in [-0.25, -0.2) is 0 Å². The number of hydrogen-bond donors (Lipinski definition) is 1. The quantitative estimate of drug-likeness (QED) is 0.611. The fourth-order valence-electron chi connectivity index (χ4n) is 2.06. The monoisotopic (exact) mass is 222 g/mol. The molecule has 0 amide bonds. The highest BCUT2D eigenvalue weighted by atomic mass is 32.2. The van der Waals surface area contributed by atoms with Crippen LogP contribution in [0.5, 0.6) is 0 Å². The lowest BCUT2D eigenvalue weighted by Gasteiger charge is -2.20. The van der Waals surface area contributed by atoms with Crippen molar-refractivity contribution in [2.24, 2.45) is 0 Å². The zero-order valence-corrected chi connectivity index (χ0v) is 10.2. The number of aryl methyl sites for hydroxylation is 2. The van der Waals surface area contributed by atoms with E-state index in [0.29, 0.717) is 0 Å². The molecule has 0 atom stereocenters. The van der Waals surface area contributed by atoms with Crippen molar-refractivity contribution in [2.45, 2.75) is 49.4 Å². The van der Waals surface area contributed by atoms with Gasteiger partial charge in [0.2, 0.25) is 0 Å². The van der Waals surface area contributed by atoms with Crippen LogP contribution in [0.15, 0.2) is 23.1 Å². The molecule has 0 spiro atoms. The highest BCUT2D eigenvalue weighted by Crippen LogP contribution is 2.33. The molecule has 1 aromatic rings. The molecule has 1 N–H and O–H groups in total. The minimum Gasteiger partial charge on any atom is -0.380 e. The fraction of sp³-hybridized carbons (Fsp3) is 0.538. The third-order valence-electron chi connectivity index (χ3n) is 2.69. The van der Waals surface area contributed by atoms with Gasteiger partial charge < -0.3 is 5.11 Å². The Balaban J connectivity index is 2.21. The van der Waals surface area contributed by atoms with Gasteiger partial charge in [0.25, 0.3) is 0 Å². The summed E-state index contributed by atoms with van der Waals surface area (Å²) in [6.45, 7) is 3.66. The van der Waals surface area contributed by atoms with E-state index in [0.717, 1.165) is 0 Å². The highest BCUT2D eigenvalue weighted by Gasteiger charge is 2.16. The van der Waals surface area contributed by atoms with Gasteiger partial charge in [-0.2, -0.15) is 0 Å². The van der Waals surface area contributed by atoms with E-state index in [1.165, 1.54) is 53.5 Å². The van der Waals surface area contributed by atoms with Crippen LogP contribution in [0.1, 0.15) is 37.8 Å². The van der Waals surface area contributed by atoms with E-state index in [1.54, 1.807) is 0 Å². The van der Waals surface area contributed by atoms with Gasteiger partial charge in [-0.05, 0) is 62.8 Å². The first-order chi connectivity index (χ1) is 7.04. The Bertz CT molecular complexity index is 352. The second-order valence-corrected chi connectivity index (χ2v) is 6.36. The number of fused-ring (bicyclic) bond motifs is 1. The lowest BCUT2D eigenvalue weighted by molar-refractivity contribution is 0.179. The van der Waals surface area contributed by atoms with Crippen molar-refractivity contribution < 1.29 is 5.11 Å². The van der Waals surface area contributed by atoms with Crippen LogP contribution in [-0.2, 0) is 12.8 Å². The SMILES string of the molecule is CC(C)(O)Sc1ccc2c(c1)CCCC2. The number of aliphatic hydroxyl groups is 1. The molecule has 0 aromatic heterocycles. The maximum absolute atomic E-state index is 9.74. The van der Waals surface area contributed by atoms with E-state index < -0.39 is 4.93 Å². The Morgan fingerprint density at radius 3 is 2.47 bits per heavy atom. The van der Waals surface area contributed by atoms with Gasteiger partial charge in [-0.3, -0.25) is 0 Å². The van der Waals surface area contributed by atoms with Gasteiger partial charge in [0.05, 0.1) is 0 Å². The van der Waals surface area contributed by atoms with Crippen LogP contribution < -0.4 is 0 Å². The largest absolute Gasteiger partial charge is 0.380 e. The first kappa shape index (κ1) is 11.0. The maximum atomic E-state index is 9.74. The fourth-order valence-corrected chi connectivity index (χ4v) is 2.98. The minimum atomic E-state index is -0.678. The third-order valence-corrected chi connectivity index (χ3v) is 3.68. The molecule has 1 aliphatic rings. The van der Waals surface area contributed by atoms with E-state index >= 15 is 0 Å². The Morgan fingerprint density at radius 1 is 1.13 bits per heavy atom. The number of benzene rings is 1. The van der Waals surface area contributed by atoms with E-state index in [-0.39, 0.29) is 0 Å². The van der Waals surface area contributed by atoms with Crippen LogP contribution in [0, 0.1) is 0 Å². The molecule has 0 bridgehead atoms. The second kappa shape index (κ2) is 4.18. The summed E-state index contributed by atoms with van der Waals surface area (Å²) < 4.78 is 0. The molecule has 0 radical (unpaired) electrons. The normalized spacial score (nSPS) is 16.2. The van der Waals surface area contributed by atoms with Gasteiger partial charge in [-0.1, -0.05) is 17.8 Å². The van der Waals surface area contributed by atoms with Crippen molar-refractivity contribution in [2.75, 3.05) is 0 Å². The van der Waals surface area contributed by atoms with Crippen molar-refractivity contribution in [3.63, 3.8) is 0 Å². The average Bonchev–Trinajstić information content (AvgIpc) is 2.15. The van der Waals surface area contributed by atoms with E-state index in [1.807, 2.05) is 13.8 Å². The van der Waals surface area contributed by atoms with E-state index in [9.17, 15) is 5.11 Å². The molecule has 0 saturated carbocycles. The van der Waals surface area contributed by atoms with Crippen LogP contribution in [-0.4, -0.2) is 10.0 Å². The highest BCUT2D eigenvalue weighted by molar-refractivity contribution is 8.00. The predicted octanol–water partition coefficient (Wildman–Crippen LogP) is 3.39. The third kappa shape index (κ3) is 2.99. The summed E-state index contributed by atoms with van der Waals surface area (Å²) in [5, 5.41) is 9.74. The lowest BCUT2D eigenvalue weighted by atomic mass is 9.92. The number of hydrogen-bond acceptors (Lipinski definition) is 2. The zero-order valence-electron chi connectivity index (χ0n) is 9.42. The molecule has 0 unspecified atom stereocenters. The zero-order chi connectivity index (χ0) is 10.9. The van der Waals surface area contributed by atoms with Crippen LogP contribution >= 0.6 is 11.8 Å². The molecule has 0 fully saturated rings. The maximum Gasteiger partial charge on any atom is 0.109 e. The summed E-state index contributed by atoms with van der Waals surface area (Å²) in [5.41, 5.74) is 2.98. The number of rotatable bonds is 2. The van der Waals surface area contributed by atoms with Gasteiger partial charge in [-0.15, -0.1) is 0 Å². The summed E-state index contributed by atoms with van der Waals surface area (Å²) in [7, 11) is 0. The number of thioether (sulfide) groups is 1. The standard InChI is InChI=1S/C13H18OS/c1-13(2,14)15-12-8-7-10-5-3-4-6-11(10)9-12/h7-9,14H,3-6H2,1-2H3. The molecule has 1 aliphatic carbocycles. The van der Waals surface area contributed by atoms with Crippen LogP contribution in [0.3, 0.4) is 0 Å². The van der Waals surface area contributed by atoms with Crippen LogP contribution in [0.2, 0.25) is 0 Å². The first-order valence-electron chi connectivity index (χ1n) is 5.58. The summed E-state index contributed by atoms with van der Waals surface area (Å²) in [5.74, 6) is 0. The van der Waals surface area contributed by atoms with Gasteiger partial charge in [0.1, 0.15) is 4.93 Å². The smallest absolute Gasteiger partial charge is 0.109 e. The van der Waals surface area contributed by atoms with Crippen molar-refractivity contribution in [3.05, 3.63) is 29.3 Å². The molecule has 15 heavy (non-hydrogen) atoms. The van der Waals surface area contributed by atoms with E-state index in [4.69, 9.17) is 0 Å². The summed E-state index contributed by atoms with van der Waals surface area (Å²) in [4.78, 5) is 0.506. The average molecular weight is 222 g/mol. The van der Waals surface area contributed by atoms with Crippen LogP contribution in [0.25, 0.3) is 0 Å². The molecular formula is C13H18OS. The molecule has 1 aromatic carbocycles. The molecule has 2 heteroatoms. The molecular weight excluding hydrogens is 204 g/mol. The molecule has 0 saturated heterocycles. The molecule has 0 heterocycles. The summed E-state index contributed by atoms with van der Waals surface area (Å²) in [6, 6.07) is 6.60. The molecule has 82 valence electrons.